The Morgan fingerprint density at radius 2 is 0.867 bits per heavy atom. The first-order chi connectivity index (χ1) is 14.1. The summed E-state index contributed by atoms with van der Waals surface area (Å²) in [6.07, 6.45) is 25.4. The van der Waals surface area contributed by atoms with E-state index in [2.05, 4.69) is 11.1 Å². The molecule has 0 radical (unpaired) electrons. The second-order valence-electron chi connectivity index (χ2n) is 8.95. The Morgan fingerprint density at radius 3 is 1.07 bits per heavy atom. The summed E-state index contributed by atoms with van der Waals surface area (Å²) in [5.41, 5.74) is 0. The molecule has 0 aliphatic heterocycles. The average Bonchev–Trinajstić information content (AvgIpc) is 2.66. The van der Waals surface area contributed by atoms with Crippen molar-refractivity contribution in [2.45, 2.75) is 122 Å². The molecule has 0 aromatic carbocycles. The predicted octanol–water partition coefficient (Wildman–Crippen LogP) is 6.93. The van der Waals surface area contributed by atoms with Crippen LogP contribution >= 0.6 is 0 Å². The van der Waals surface area contributed by atoms with Gasteiger partial charge in [-0.25, -0.2) is 5.21 Å². The molecule has 0 atom stereocenters. The summed E-state index contributed by atoms with van der Waals surface area (Å²) in [5.74, 6) is 0. The van der Waals surface area contributed by atoms with Gasteiger partial charge in [-0.1, -0.05) is 110 Å². The summed E-state index contributed by atoms with van der Waals surface area (Å²) in [5, 5.41) is 9.59. The lowest BCUT2D eigenvalue weighted by Crippen LogP contribution is -2.36. The molecule has 0 spiro atoms. The minimum Gasteiger partial charge on any atom is -0.264 e. The third-order valence-electron chi connectivity index (χ3n) is 5.27. The monoisotopic (exact) mass is 454 g/mol. The summed E-state index contributed by atoms with van der Waals surface area (Å²) >= 11 is 0. The Labute approximate surface area is 187 Å². The highest BCUT2D eigenvalue weighted by Gasteiger charge is 2.08. The van der Waals surface area contributed by atoms with Gasteiger partial charge in [0, 0.05) is 0 Å². The minimum atomic E-state index is -4.16. The first-order valence-corrected chi connectivity index (χ1v) is 13.6. The van der Waals surface area contributed by atoms with Crippen LogP contribution in [0.15, 0.2) is 0 Å². The quantitative estimate of drug-likeness (QED) is 0.0901. The van der Waals surface area contributed by atoms with Gasteiger partial charge in [0.15, 0.2) is 0 Å². The number of quaternary nitrogens is 1. The van der Waals surface area contributed by atoms with E-state index in [1.807, 2.05) is 14.1 Å². The lowest BCUT2D eigenvalue weighted by Gasteiger charge is -2.18. The zero-order valence-corrected chi connectivity index (χ0v) is 21.2. The fourth-order valence-electron chi connectivity index (χ4n) is 3.40. The lowest BCUT2D eigenvalue weighted by molar-refractivity contribution is -1.07. The second kappa shape index (κ2) is 22.0. The van der Waals surface area contributed by atoms with Crippen molar-refractivity contribution in [2.75, 3.05) is 27.7 Å². The Kier molecular flexibility index (Phi) is 23.4. The smallest absolute Gasteiger partial charge is 0.264 e. The van der Waals surface area contributed by atoms with Crippen molar-refractivity contribution in [3.8, 4) is 0 Å². The van der Waals surface area contributed by atoms with E-state index in [4.69, 9.17) is 4.55 Å². The molecule has 0 rings (SSSR count). The fourth-order valence-corrected chi connectivity index (χ4v) is 3.40. The molecular formula is C23H52NO5S+. The van der Waals surface area contributed by atoms with E-state index in [1.165, 1.54) is 109 Å². The molecule has 30 heavy (non-hydrogen) atoms. The molecule has 0 aliphatic carbocycles. The van der Waals surface area contributed by atoms with Gasteiger partial charge in [0.2, 0.25) is 0 Å². The highest BCUT2D eigenvalue weighted by molar-refractivity contribution is 7.80. The maximum Gasteiger partial charge on any atom is 0.397 e. The number of unbranched alkanes of at least 4 members (excludes halogenated alkanes) is 17. The number of hydrogen-bond acceptors (Lipinski definition) is 4. The number of hydrogen-bond donors (Lipinski definition) is 2. The Morgan fingerprint density at radius 1 is 0.633 bits per heavy atom. The Hall–Kier alpha value is -0.210. The predicted molar refractivity (Wildman–Crippen MR) is 126 cm³/mol. The summed E-state index contributed by atoms with van der Waals surface area (Å²) < 4.78 is 29.8. The van der Waals surface area contributed by atoms with Gasteiger partial charge in [0.05, 0.1) is 21.2 Å². The van der Waals surface area contributed by atoms with Crippen molar-refractivity contribution in [3.05, 3.63) is 0 Å². The third-order valence-corrected chi connectivity index (χ3v) is 5.69. The van der Waals surface area contributed by atoms with Crippen LogP contribution < -0.4 is 0 Å². The molecular weight excluding hydrogens is 402 g/mol. The van der Waals surface area contributed by atoms with Crippen LogP contribution in [0.1, 0.15) is 122 Å². The largest absolute Gasteiger partial charge is 0.397 e. The standard InChI is InChI=1S/C22H48NO.CH4O4S/c1-4-5-6-7-8-9-10-11-12-13-14-15-16-17-18-19-20-21-22-23(2,3)24;1-5-6(2,3)4/h24H,4-22H2,1-3H3;1H3,(H,2,3,4)/q+1;. The molecule has 0 saturated heterocycles. The van der Waals surface area contributed by atoms with Crippen LogP contribution in [0.2, 0.25) is 0 Å². The molecule has 0 heterocycles. The zero-order valence-electron chi connectivity index (χ0n) is 20.4. The van der Waals surface area contributed by atoms with Crippen LogP contribution in [0.4, 0.5) is 0 Å². The summed E-state index contributed by atoms with van der Waals surface area (Å²) in [6, 6.07) is 0. The Bertz CT molecular complexity index is 435. The van der Waals surface area contributed by atoms with Gasteiger partial charge in [-0.2, -0.15) is 13.1 Å². The molecule has 0 aliphatic rings. The van der Waals surface area contributed by atoms with Gasteiger partial charge in [0.25, 0.3) is 0 Å². The first kappa shape index (κ1) is 32.0. The van der Waals surface area contributed by atoms with Crippen molar-refractivity contribution in [3.63, 3.8) is 0 Å². The van der Waals surface area contributed by atoms with Crippen LogP contribution in [0, 0.1) is 0 Å². The molecule has 0 aromatic rings. The number of nitrogens with zero attached hydrogens (tertiary/aromatic N) is 1. The molecule has 7 heteroatoms. The second-order valence-corrected chi connectivity index (χ2v) is 10.1. The highest BCUT2D eigenvalue weighted by Crippen LogP contribution is 2.14. The number of hydroxylamine groups is 3. The molecule has 0 aromatic heterocycles. The topological polar surface area (TPSA) is 83.8 Å². The van der Waals surface area contributed by atoms with Crippen LogP contribution in [0.3, 0.4) is 0 Å². The summed E-state index contributed by atoms with van der Waals surface area (Å²) in [7, 11) is 0.418. The van der Waals surface area contributed by atoms with Gasteiger partial charge < -0.3 is 0 Å². The highest BCUT2D eigenvalue weighted by atomic mass is 32.3. The number of rotatable bonds is 20. The van der Waals surface area contributed by atoms with E-state index >= 15 is 0 Å². The molecule has 2 N–H and O–H groups in total. The van der Waals surface area contributed by atoms with Crippen molar-refractivity contribution in [1.29, 1.82) is 0 Å². The van der Waals surface area contributed by atoms with Gasteiger partial charge >= 0.3 is 10.4 Å². The molecule has 0 amide bonds. The first-order valence-electron chi connectivity index (χ1n) is 12.2. The SMILES string of the molecule is CCCCCCCCCCCCCCCCCCCC[N+](C)(C)O.COS(=O)(=O)O. The molecule has 0 fully saturated rings. The summed E-state index contributed by atoms with van der Waals surface area (Å²) in [4.78, 5) is 0. The minimum absolute atomic E-state index is 0.124. The van der Waals surface area contributed by atoms with Crippen LogP contribution in [0.25, 0.3) is 0 Å². The molecule has 0 saturated carbocycles. The fraction of sp³-hybridized carbons (Fsp3) is 1.00. The lowest BCUT2D eigenvalue weighted by atomic mass is 10.0. The van der Waals surface area contributed by atoms with Crippen LogP contribution in [0.5, 0.6) is 0 Å². The van der Waals surface area contributed by atoms with Crippen molar-refractivity contribution in [2.24, 2.45) is 0 Å². The maximum absolute atomic E-state index is 9.59. The zero-order chi connectivity index (χ0) is 23.1. The Balaban J connectivity index is 0. The molecule has 0 bridgehead atoms. The van der Waals surface area contributed by atoms with E-state index in [0.29, 0.717) is 0 Å². The van der Waals surface area contributed by atoms with Gasteiger partial charge in [0.1, 0.15) is 6.54 Å². The van der Waals surface area contributed by atoms with E-state index < -0.39 is 10.4 Å². The average molecular weight is 455 g/mol. The van der Waals surface area contributed by atoms with Crippen LogP contribution in [-0.2, 0) is 14.6 Å². The third kappa shape index (κ3) is 35.2. The van der Waals surface area contributed by atoms with Crippen molar-refractivity contribution in [1.82, 2.24) is 0 Å². The molecule has 6 nitrogen and oxygen atoms in total. The van der Waals surface area contributed by atoms with Crippen LogP contribution in [-0.4, -0.2) is 50.6 Å². The van der Waals surface area contributed by atoms with Gasteiger partial charge in [-0.05, 0) is 12.8 Å². The van der Waals surface area contributed by atoms with Crippen molar-refractivity contribution >= 4 is 10.4 Å². The summed E-state index contributed by atoms with van der Waals surface area (Å²) in [6.45, 7) is 3.18. The van der Waals surface area contributed by atoms with E-state index in [0.717, 1.165) is 20.1 Å². The maximum atomic E-state index is 9.59. The van der Waals surface area contributed by atoms with E-state index in [1.54, 1.807) is 0 Å². The van der Waals surface area contributed by atoms with Gasteiger partial charge in [-0.3, -0.25) is 8.74 Å². The normalized spacial score (nSPS) is 11.9. The van der Waals surface area contributed by atoms with E-state index in [-0.39, 0.29) is 4.65 Å². The van der Waals surface area contributed by atoms with E-state index in [9.17, 15) is 13.6 Å². The van der Waals surface area contributed by atoms with Gasteiger partial charge in [-0.15, -0.1) is 0 Å². The molecule has 0 unspecified atom stereocenters. The van der Waals surface area contributed by atoms with Crippen molar-refractivity contribution < 1.29 is 27.0 Å². The molecule has 184 valence electrons.